The van der Waals surface area contributed by atoms with E-state index < -0.39 is 0 Å². The topological polar surface area (TPSA) is 59.7 Å². The van der Waals surface area contributed by atoms with Crippen LogP contribution in [0.5, 0.6) is 5.75 Å². The standard InChI is InChI=1S/C21H28N4O2S/c1-5-19-23-25-20(26)11-17(22-21(25)28-19)14-24(12-15(3)4)13-16-7-9-18(10-8-16)27-6-2/h7-11,15H,5-6,12-14H2,1-4H3. The van der Waals surface area contributed by atoms with Crippen LogP contribution < -0.4 is 10.3 Å². The van der Waals surface area contributed by atoms with Gasteiger partial charge in [-0.25, -0.2) is 4.98 Å². The highest BCUT2D eigenvalue weighted by atomic mass is 32.1. The van der Waals surface area contributed by atoms with Crippen LogP contribution in [0.15, 0.2) is 35.1 Å². The molecular weight excluding hydrogens is 372 g/mol. The Morgan fingerprint density at radius 1 is 1.18 bits per heavy atom. The molecule has 0 aliphatic carbocycles. The molecule has 0 bridgehead atoms. The lowest BCUT2D eigenvalue weighted by atomic mass is 10.1. The van der Waals surface area contributed by atoms with Crippen molar-refractivity contribution in [3.8, 4) is 5.75 Å². The molecule has 0 unspecified atom stereocenters. The molecule has 0 aliphatic heterocycles. The maximum absolute atomic E-state index is 12.4. The summed E-state index contributed by atoms with van der Waals surface area (Å²) in [7, 11) is 0. The third-order valence-corrected chi connectivity index (χ3v) is 5.34. The highest BCUT2D eigenvalue weighted by molar-refractivity contribution is 7.16. The lowest BCUT2D eigenvalue weighted by Gasteiger charge is -2.24. The molecule has 28 heavy (non-hydrogen) atoms. The molecule has 0 N–H and O–H groups in total. The number of nitrogens with zero attached hydrogens (tertiary/aromatic N) is 4. The van der Waals surface area contributed by atoms with E-state index in [1.807, 2.05) is 26.0 Å². The summed E-state index contributed by atoms with van der Waals surface area (Å²) in [6.45, 7) is 11.4. The lowest BCUT2D eigenvalue weighted by molar-refractivity contribution is 0.225. The molecule has 1 aromatic carbocycles. The highest BCUT2D eigenvalue weighted by Crippen LogP contribution is 2.17. The summed E-state index contributed by atoms with van der Waals surface area (Å²) in [5, 5.41) is 5.25. The van der Waals surface area contributed by atoms with Crippen LogP contribution >= 0.6 is 11.3 Å². The molecule has 0 aliphatic rings. The van der Waals surface area contributed by atoms with Crippen molar-refractivity contribution in [1.29, 1.82) is 0 Å². The van der Waals surface area contributed by atoms with Gasteiger partial charge in [-0.3, -0.25) is 9.69 Å². The zero-order chi connectivity index (χ0) is 20.1. The second-order valence-electron chi connectivity index (χ2n) is 7.27. The number of rotatable bonds is 9. The molecule has 0 fully saturated rings. The fourth-order valence-electron chi connectivity index (χ4n) is 3.17. The fourth-order valence-corrected chi connectivity index (χ4v) is 4.02. The largest absolute Gasteiger partial charge is 0.494 e. The Hall–Kier alpha value is -2.25. The summed E-state index contributed by atoms with van der Waals surface area (Å²) in [4.78, 5) is 20.1. The van der Waals surface area contributed by atoms with Crippen LogP contribution in [0, 0.1) is 5.92 Å². The molecule has 0 amide bonds. The van der Waals surface area contributed by atoms with Crippen LogP contribution in [0.1, 0.15) is 44.0 Å². The van der Waals surface area contributed by atoms with Gasteiger partial charge < -0.3 is 4.74 Å². The molecule has 0 atom stereocenters. The molecule has 3 rings (SSSR count). The van der Waals surface area contributed by atoms with Gasteiger partial charge >= 0.3 is 0 Å². The van der Waals surface area contributed by atoms with Crippen LogP contribution in [0.2, 0.25) is 0 Å². The summed E-state index contributed by atoms with van der Waals surface area (Å²) in [6.07, 6.45) is 0.806. The molecule has 0 spiro atoms. The van der Waals surface area contributed by atoms with Gasteiger partial charge in [-0.2, -0.15) is 9.61 Å². The van der Waals surface area contributed by atoms with Gasteiger partial charge in [0.2, 0.25) is 4.96 Å². The summed E-state index contributed by atoms with van der Waals surface area (Å²) in [6, 6.07) is 9.82. The summed E-state index contributed by atoms with van der Waals surface area (Å²) in [5.41, 5.74) is 1.90. The average Bonchev–Trinajstić information content (AvgIpc) is 3.07. The van der Waals surface area contributed by atoms with Crippen molar-refractivity contribution >= 4 is 16.3 Å². The van der Waals surface area contributed by atoms with E-state index in [1.165, 1.54) is 21.4 Å². The number of hydrogen-bond donors (Lipinski definition) is 0. The van der Waals surface area contributed by atoms with E-state index in [2.05, 4.69) is 41.0 Å². The minimum Gasteiger partial charge on any atom is -0.494 e. The monoisotopic (exact) mass is 400 g/mol. The minimum absolute atomic E-state index is 0.110. The number of aryl methyl sites for hydroxylation is 1. The molecule has 0 saturated carbocycles. The van der Waals surface area contributed by atoms with Crippen molar-refractivity contribution in [2.24, 2.45) is 5.92 Å². The van der Waals surface area contributed by atoms with E-state index in [1.54, 1.807) is 6.07 Å². The smallest absolute Gasteiger partial charge is 0.275 e. The second kappa shape index (κ2) is 9.30. The van der Waals surface area contributed by atoms with E-state index in [9.17, 15) is 4.79 Å². The first-order valence-corrected chi connectivity index (χ1v) is 10.6. The fraction of sp³-hybridized carbons (Fsp3) is 0.476. The van der Waals surface area contributed by atoms with Crippen LogP contribution in [0.25, 0.3) is 4.96 Å². The molecule has 0 radical (unpaired) electrons. The van der Waals surface area contributed by atoms with Crippen LogP contribution in [-0.2, 0) is 19.5 Å². The van der Waals surface area contributed by atoms with Gasteiger partial charge in [-0.1, -0.05) is 44.2 Å². The number of ether oxygens (including phenoxy) is 1. The van der Waals surface area contributed by atoms with Crippen molar-refractivity contribution in [1.82, 2.24) is 19.5 Å². The Kier molecular flexibility index (Phi) is 6.80. The van der Waals surface area contributed by atoms with E-state index in [4.69, 9.17) is 4.74 Å². The van der Waals surface area contributed by atoms with Gasteiger partial charge in [-0.05, 0) is 37.0 Å². The van der Waals surface area contributed by atoms with Crippen molar-refractivity contribution < 1.29 is 4.74 Å². The molecule has 0 saturated heterocycles. The third kappa shape index (κ3) is 5.17. The molecule has 3 aromatic rings. The molecular formula is C21H28N4O2S. The number of hydrogen-bond acceptors (Lipinski definition) is 6. The average molecular weight is 401 g/mol. The van der Waals surface area contributed by atoms with E-state index in [0.29, 0.717) is 24.0 Å². The van der Waals surface area contributed by atoms with Gasteiger partial charge in [0, 0.05) is 25.7 Å². The summed E-state index contributed by atoms with van der Waals surface area (Å²) >= 11 is 1.49. The zero-order valence-corrected chi connectivity index (χ0v) is 17.8. The number of benzene rings is 1. The first kappa shape index (κ1) is 20.5. The predicted octanol–water partition coefficient (Wildman–Crippen LogP) is 3.77. The number of fused-ring (bicyclic) bond motifs is 1. The Balaban J connectivity index is 1.80. The van der Waals surface area contributed by atoms with Crippen LogP contribution in [-0.4, -0.2) is 32.6 Å². The molecule has 2 aromatic heterocycles. The second-order valence-corrected chi connectivity index (χ2v) is 8.31. The maximum Gasteiger partial charge on any atom is 0.275 e. The minimum atomic E-state index is -0.110. The van der Waals surface area contributed by atoms with Crippen molar-refractivity contribution in [2.45, 2.75) is 47.2 Å². The predicted molar refractivity (Wildman–Crippen MR) is 113 cm³/mol. The molecule has 7 heteroatoms. The zero-order valence-electron chi connectivity index (χ0n) is 17.0. The normalized spacial score (nSPS) is 11.6. The molecule has 2 heterocycles. The highest BCUT2D eigenvalue weighted by Gasteiger charge is 2.13. The van der Waals surface area contributed by atoms with Crippen molar-refractivity contribution in [3.63, 3.8) is 0 Å². The Morgan fingerprint density at radius 3 is 2.57 bits per heavy atom. The summed E-state index contributed by atoms with van der Waals surface area (Å²) in [5.74, 6) is 1.40. The first-order valence-electron chi connectivity index (χ1n) is 9.81. The third-order valence-electron chi connectivity index (χ3n) is 4.29. The van der Waals surface area contributed by atoms with Gasteiger partial charge in [-0.15, -0.1) is 0 Å². The van der Waals surface area contributed by atoms with Gasteiger partial charge in [0.05, 0.1) is 12.3 Å². The summed E-state index contributed by atoms with van der Waals surface area (Å²) < 4.78 is 6.93. The van der Waals surface area contributed by atoms with E-state index in [0.717, 1.165) is 36.0 Å². The van der Waals surface area contributed by atoms with E-state index >= 15 is 0 Å². The Morgan fingerprint density at radius 2 is 1.93 bits per heavy atom. The van der Waals surface area contributed by atoms with Gasteiger partial charge in [0.15, 0.2) is 0 Å². The first-order chi connectivity index (χ1) is 13.5. The lowest BCUT2D eigenvalue weighted by Crippen LogP contribution is -2.28. The van der Waals surface area contributed by atoms with Crippen LogP contribution in [0.4, 0.5) is 0 Å². The number of aromatic nitrogens is 3. The Labute approximate surface area is 169 Å². The van der Waals surface area contributed by atoms with Crippen LogP contribution in [0.3, 0.4) is 0 Å². The van der Waals surface area contributed by atoms with Crippen molar-refractivity contribution in [3.05, 3.63) is 57.0 Å². The SMILES string of the molecule is CCOc1ccc(CN(Cc2cc(=O)n3nc(CC)sc3n2)CC(C)C)cc1. The Bertz CT molecular complexity index is 963. The van der Waals surface area contributed by atoms with Gasteiger partial charge in [0.1, 0.15) is 10.8 Å². The molecule has 150 valence electrons. The quantitative estimate of drug-likeness (QED) is 0.547. The van der Waals surface area contributed by atoms with E-state index in [-0.39, 0.29) is 5.56 Å². The molecule has 6 nitrogen and oxygen atoms in total. The maximum atomic E-state index is 12.4. The van der Waals surface area contributed by atoms with Crippen molar-refractivity contribution in [2.75, 3.05) is 13.2 Å². The van der Waals surface area contributed by atoms with Gasteiger partial charge in [0.25, 0.3) is 5.56 Å².